The van der Waals surface area contributed by atoms with Gasteiger partial charge in [0.2, 0.25) is 0 Å². The lowest BCUT2D eigenvalue weighted by atomic mass is 10.1. The lowest BCUT2D eigenvalue weighted by molar-refractivity contribution is 0.0949. The second-order valence-electron chi connectivity index (χ2n) is 5.66. The van der Waals surface area contributed by atoms with Gasteiger partial charge in [-0.15, -0.1) is 0 Å². The van der Waals surface area contributed by atoms with Gasteiger partial charge in [0.05, 0.1) is 17.3 Å². The molecule has 1 aromatic heterocycles. The highest BCUT2D eigenvalue weighted by Gasteiger charge is 2.13. The van der Waals surface area contributed by atoms with E-state index < -0.39 is 0 Å². The van der Waals surface area contributed by atoms with Crippen LogP contribution in [0.25, 0.3) is 11.3 Å². The summed E-state index contributed by atoms with van der Waals surface area (Å²) >= 11 is 6.00. The van der Waals surface area contributed by atoms with Crippen LogP contribution in [0.1, 0.15) is 10.5 Å². The molecule has 3 rings (SSSR count). The van der Waals surface area contributed by atoms with Crippen molar-refractivity contribution in [1.82, 2.24) is 15.1 Å². The summed E-state index contributed by atoms with van der Waals surface area (Å²) < 4.78 is 7.03. The Kier molecular flexibility index (Phi) is 6.14. The fourth-order valence-corrected chi connectivity index (χ4v) is 2.62. The zero-order chi connectivity index (χ0) is 19.1. The number of hydrogen-bond acceptors (Lipinski definition) is 3. The lowest BCUT2D eigenvalue weighted by Gasteiger charge is -2.03. The molecule has 0 bridgehead atoms. The molecule has 0 fully saturated rings. The minimum absolute atomic E-state index is 0.198. The van der Waals surface area contributed by atoms with Gasteiger partial charge in [-0.3, -0.25) is 9.48 Å². The Bertz CT molecular complexity index is 987. The van der Waals surface area contributed by atoms with Gasteiger partial charge in [-0.1, -0.05) is 65.9 Å². The molecule has 0 aliphatic rings. The van der Waals surface area contributed by atoms with Crippen molar-refractivity contribution in [2.24, 2.45) is 7.05 Å². The standard InChI is InChI=1S/C21H18ClN3O2/c1-25-19(15-18(24-25)16-9-3-2-4-10-16)21(26)23-13-7-8-14-27-20-12-6-5-11-17(20)22/h2-6,9-12,15H,13-14H2,1H3,(H,23,26). The molecule has 0 spiro atoms. The zero-order valence-electron chi connectivity index (χ0n) is 14.8. The summed E-state index contributed by atoms with van der Waals surface area (Å²) in [5.74, 6) is 6.06. The summed E-state index contributed by atoms with van der Waals surface area (Å²) in [6.07, 6.45) is 0. The number of hydrogen-bond donors (Lipinski definition) is 1. The number of rotatable bonds is 5. The van der Waals surface area contributed by atoms with Crippen molar-refractivity contribution in [3.05, 3.63) is 71.4 Å². The molecule has 1 amide bonds. The van der Waals surface area contributed by atoms with Crippen LogP contribution in [-0.2, 0) is 7.05 Å². The highest BCUT2D eigenvalue weighted by atomic mass is 35.5. The quantitative estimate of drug-likeness (QED) is 0.690. The fraction of sp³-hybridized carbons (Fsp3) is 0.143. The van der Waals surface area contributed by atoms with E-state index in [9.17, 15) is 4.79 Å². The maximum atomic E-state index is 12.3. The molecule has 1 N–H and O–H groups in total. The Morgan fingerprint density at radius 3 is 2.67 bits per heavy atom. The van der Waals surface area contributed by atoms with Crippen LogP contribution in [0.2, 0.25) is 5.02 Å². The molecule has 136 valence electrons. The number of benzene rings is 2. The first kappa shape index (κ1) is 18.6. The van der Waals surface area contributed by atoms with E-state index in [1.54, 1.807) is 29.9 Å². The van der Waals surface area contributed by atoms with E-state index in [1.165, 1.54) is 0 Å². The van der Waals surface area contributed by atoms with E-state index in [0.29, 0.717) is 16.5 Å². The number of amides is 1. The van der Waals surface area contributed by atoms with Gasteiger partial charge in [0.15, 0.2) is 0 Å². The molecule has 1 heterocycles. The van der Waals surface area contributed by atoms with Gasteiger partial charge in [-0.2, -0.15) is 5.10 Å². The first-order valence-corrected chi connectivity index (χ1v) is 8.73. The summed E-state index contributed by atoms with van der Waals surface area (Å²) in [5.41, 5.74) is 2.19. The lowest BCUT2D eigenvalue weighted by Crippen LogP contribution is -2.25. The molecule has 0 aliphatic carbocycles. The number of para-hydroxylation sites is 1. The molecule has 5 nitrogen and oxygen atoms in total. The molecule has 0 radical (unpaired) electrons. The Morgan fingerprint density at radius 1 is 1.15 bits per heavy atom. The van der Waals surface area contributed by atoms with Gasteiger partial charge in [0.1, 0.15) is 18.1 Å². The van der Waals surface area contributed by atoms with E-state index in [4.69, 9.17) is 16.3 Å². The van der Waals surface area contributed by atoms with Gasteiger partial charge in [-0.05, 0) is 18.2 Å². The molecular weight excluding hydrogens is 362 g/mol. The van der Waals surface area contributed by atoms with E-state index in [1.807, 2.05) is 42.5 Å². The largest absolute Gasteiger partial charge is 0.479 e. The van der Waals surface area contributed by atoms with Crippen molar-refractivity contribution >= 4 is 17.5 Å². The van der Waals surface area contributed by atoms with Crippen molar-refractivity contribution in [3.8, 4) is 28.8 Å². The molecule has 3 aromatic rings. The summed E-state index contributed by atoms with van der Waals surface area (Å²) in [7, 11) is 1.74. The number of carbonyl (C=O) groups excluding carboxylic acids is 1. The SMILES string of the molecule is Cn1nc(-c2ccccc2)cc1C(=O)NCC#CCOc1ccccc1Cl. The van der Waals surface area contributed by atoms with Crippen molar-refractivity contribution in [3.63, 3.8) is 0 Å². The maximum Gasteiger partial charge on any atom is 0.270 e. The van der Waals surface area contributed by atoms with Gasteiger partial charge >= 0.3 is 0 Å². The first-order chi connectivity index (χ1) is 13.1. The van der Waals surface area contributed by atoms with Crippen LogP contribution in [0, 0.1) is 11.8 Å². The van der Waals surface area contributed by atoms with Crippen molar-refractivity contribution in [2.75, 3.05) is 13.2 Å². The number of halogens is 1. The molecule has 0 unspecified atom stereocenters. The summed E-state index contributed by atoms with van der Waals surface area (Å²) in [4.78, 5) is 12.3. The Hall–Kier alpha value is -3.23. The number of aromatic nitrogens is 2. The minimum atomic E-state index is -0.228. The van der Waals surface area contributed by atoms with Crippen LogP contribution in [0.15, 0.2) is 60.7 Å². The highest BCUT2D eigenvalue weighted by molar-refractivity contribution is 6.32. The molecule has 0 saturated heterocycles. The van der Waals surface area contributed by atoms with Crippen LogP contribution in [0.4, 0.5) is 0 Å². The predicted molar refractivity (Wildman–Crippen MR) is 106 cm³/mol. The third kappa shape index (κ3) is 4.90. The fourth-order valence-electron chi connectivity index (χ4n) is 2.43. The number of ether oxygens (including phenoxy) is 1. The van der Waals surface area contributed by atoms with E-state index in [0.717, 1.165) is 11.3 Å². The Morgan fingerprint density at radius 2 is 1.89 bits per heavy atom. The van der Waals surface area contributed by atoms with Crippen LogP contribution in [0.3, 0.4) is 0 Å². The minimum Gasteiger partial charge on any atom is -0.479 e. The van der Waals surface area contributed by atoms with E-state index >= 15 is 0 Å². The molecule has 6 heteroatoms. The molecule has 0 aliphatic heterocycles. The third-order valence-corrected chi connectivity index (χ3v) is 4.09. The average molecular weight is 380 g/mol. The first-order valence-electron chi connectivity index (χ1n) is 8.36. The van der Waals surface area contributed by atoms with Crippen molar-refractivity contribution in [1.29, 1.82) is 0 Å². The second kappa shape index (κ2) is 8.93. The number of nitrogens with one attached hydrogen (secondary N) is 1. The average Bonchev–Trinajstić information content (AvgIpc) is 3.08. The van der Waals surface area contributed by atoms with Gasteiger partial charge in [0, 0.05) is 12.6 Å². The smallest absolute Gasteiger partial charge is 0.270 e. The van der Waals surface area contributed by atoms with Crippen LogP contribution >= 0.6 is 11.6 Å². The molecule has 0 atom stereocenters. The topological polar surface area (TPSA) is 56.2 Å². The molecule has 2 aromatic carbocycles. The summed E-state index contributed by atoms with van der Waals surface area (Å²) in [5, 5.41) is 7.69. The maximum absolute atomic E-state index is 12.3. The highest BCUT2D eigenvalue weighted by Crippen LogP contribution is 2.22. The normalized spacial score (nSPS) is 10.0. The number of nitrogens with zero attached hydrogens (tertiary/aromatic N) is 2. The zero-order valence-corrected chi connectivity index (χ0v) is 15.5. The number of aryl methyl sites for hydroxylation is 1. The third-order valence-electron chi connectivity index (χ3n) is 3.78. The Labute approximate surface area is 162 Å². The monoisotopic (exact) mass is 379 g/mol. The Balaban J connectivity index is 1.52. The number of carbonyl (C=O) groups is 1. The van der Waals surface area contributed by atoms with Crippen LogP contribution in [0.5, 0.6) is 5.75 Å². The molecule has 27 heavy (non-hydrogen) atoms. The van der Waals surface area contributed by atoms with E-state index in [2.05, 4.69) is 22.3 Å². The van der Waals surface area contributed by atoms with Crippen LogP contribution < -0.4 is 10.1 Å². The summed E-state index contributed by atoms with van der Waals surface area (Å²) in [6, 6.07) is 18.7. The summed E-state index contributed by atoms with van der Waals surface area (Å²) in [6.45, 7) is 0.417. The van der Waals surface area contributed by atoms with Gasteiger partial charge in [0.25, 0.3) is 5.91 Å². The van der Waals surface area contributed by atoms with Crippen LogP contribution in [-0.4, -0.2) is 28.8 Å². The van der Waals surface area contributed by atoms with E-state index in [-0.39, 0.29) is 19.1 Å². The molecular formula is C21H18ClN3O2. The van der Waals surface area contributed by atoms with Gasteiger partial charge < -0.3 is 10.1 Å². The van der Waals surface area contributed by atoms with Crippen molar-refractivity contribution in [2.45, 2.75) is 0 Å². The predicted octanol–water partition coefficient (Wildman–Crippen LogP) is 3.55. The van der Waals surface area contributed by atoms with Gasteiger partial charge in [-0.25, -0.2) is 0 Å². The second-order valence-corrected chi connectivity index (χ2v) is 6.07. The molecule has 0 saturated carbocycles. The van der Waals surface area contributed by atoms with Crippen molar-refractivity contribution < 1.29 is 9.53 Å².